The molecule has 0 aliphatic carbocycles. The Morgan fingerprint density at radius 3 is 2.50 bits per heavy atom. The molecular weight excluding hydrogens is 540 g/mol. The van der Waals surface area contributed by atoms with Crippen LogP contribution in [0.2, 0.25) is 20.1 Å². The number of benzene rings is 2. The molecule has 3 aromatic rings. The van der Waals surface area contributed by atoms with E-state index in [1.807, 2.05) is 4.90 Å². The van der Waals surface area contributed by atoms with Crippen LogP contribution in [-0.2, 0) is 6.67 Å². The zero-order valence-electron chi connectivity index (χ0n) is 17.1. The van der Waals surface area contributed by atoms with E-state index in [1.54, 1.807) is 36.4 Å². The smallest absolute Gasteiger partial charge is 0.263 e. The number of hydrogen-bond acceptors (Lipinski definition) is 7. The molecule has 2 N–H and O–H groups in total. The van der Waals surface area contributed by atoms with Gasteiger partial charge in [-0.15, -0.1) is 0 Å². The molecule has 0 radical (unpaired) electrons. The highest BCUT2D eigenvalue weighted by atomic mass is 35.5. The van der Waals surface area contributed by atoms with Crippen molar-refractivity contribution in [1.29, 1.82) is 5.26 Å². The number of nitrogens with two attached hydrogens (primary N) is 1. The monoisotopic (exact) mass is 551 g/mol. The average molecular weight is 553 g/mol. The van der Waals surface area contributed by atoms with Gasteiger partial charge in [0, 0.05) is 15.1 Å². The Balaban J connectivity index is 1.66. The van der Waals surface area contributed by atoms with Gasteiger partial charge in [-0.2, -0.15) is 10.2 Å². The van der Waals surface area contributed by atoms with Gasteiger partial charge >= 0.3 is 0 Å². The normalized spacial score (nSPS) is 17.0. The molecule has 0 saturated carbocycles. The molecule has 2 aliphatic rings. The van der Waals surface area contributed by atoms with Crippen LogP contribution in [0.3, 0.4) is 0 Å². The minimum atomic E-state index is -0.865. The standard InChI is InChI=1S/C22H13Cl4N5O2S/c23-10-1-3-12(14(25)5-10)17-13(7-27)19(28)33-20-18(17)21(32)31-8-30(9-34-22(31)29-20)16-4-2-11(24)6-15(16)26/h1-6,17H,8-9,28H2. The molecule has 1 unspecified atom stereocenters. The summed E-state index contributed by atoms with van der Waals surface area (Å²) in [4.78, 5) is 20.3. The van der Waals surface area contributed by atoms with Gasteiger partial charge in [-0.05, 0) is 35.9 Å². The molecule has 1 atom stereocenters. The highest BCUT2D eigenvalue weighted by Gasteiger charge is 2.38. The van der Waals surface area contributed by atoms with Crippen molar-refractivity contribution >= 4 is 63.9 Å². The van der Waals surface area contributed by atoms with Crippen molar-refractivity contribution in [3.63, 3.8) is 0 Å². The predicted molar refractivity (Wildman–Crippen MR) is 134 cm³/mol. The van der Waals surface area contributed by atoms with E-state index in [1.165, 1.54) is 16.3 Å². The molecule has 172 valence electrons. The number of anilines is 1. The molecule has 0 spiro atoms. The summed E-state index contributed by atoms with van der Waals surface area (Å²) in [5.41, 5.74) is 7.12. The Labute approximate surface area is 218 Å². The number of hydrogen-bond donors (Lipinski definition) is 1. The van der Waals surface area contributed by atoms with E-state index >= 15 is 0 Å². The van der Waals surface area contributed by atoms with Gasteiger partial charge in [0.2, 0.25) is 11.8 Å². The molecular formula is C22H13Cl4N5O2S. The average Bonchev–Trinajstić information content (AvgIpc) is 2.78. The summed E-state index contributed by atoms with van der Waals surface area (Å²) in [5, 5.41) is 12.0. The van der Waals surface area contributed by atoms with Crippen molar-refractivity contribution in [3.8, 4) is 11.9 Å². The molecule has 2 aromatic carbocycles. The van der Waals surface area contributed by atoms with Crippen LogP contribution in [-0.4, -0.2) is 15.4 Å². The van der Waals surface area contributed by atoms with Crippen molar-refractivity contribution < 1.29 is 4.74 Å². The number of allylic oxidation sites excluding steroid dienone is 1. The molecule has 0 saturated heterocycles. The molecule has 3 heterocycles. The van der Waals surface area contributed by atoms with Gasteiger partial charge in [0.15, 0.2) is 5.16 Å². The number of nitriles is 1. The second kappa shape index (κ2) is 8.91. The Kier molecular flexibility index (Phi) is 6.09. The summed E-state index contributed by atoms with van der Waals surface area (Å²) in [5.74, 6) is -0.448. The van der Waals surface area contributed by atoms with Crippen molar-refractivity contribution in [3.05, 3.63) is 89.4 Å². The number of aromatic nitrogens is 2. The first-order valence-electron chi connectivity index (χ1n) is 9.78. The summed E-state index contributed by atoms with van der Waals surface area (Å²) in [6.45, 7) is 0.185. The lowest BCUT2D eigenvalue weighted by atomic mass is 9.85. The third-order valence-corrected chi connectivity index (χ3v) is 7.60. The van der Waals surface area contributed by atoms with Crippen LogP contribution >= 0.6 is 58.2 Å². The van der Waals surface area contributed by atoms with Crippen LogP contribution < -0.4 is 20.9 Å². The molecule has 0 fully saturated rings. The fraction of sp³-hybridized carbons (Fsp3) is 0.136. The van der Waals surface area contributed by atoms with Gasteiger partial charge in [0.25, 0.3) is 5.56 Å². The molecule has 0 bridgehead atoms. The molecule has 0 amide bonds. The second-order valence-corrected chi connectivity index (χ2v) is 10.1. The highest BCUT2D eigenvalue weighted by Crippen LogP contribution is 2.43. The third kappa shape index (κ3) is 3.88. The van der Waals surface area contributed by atoms with Crippen LogP contribution in [0, 0.1) is 11.3 Å². The number of ether oxygens (including phenoxy) is 1. The van der Waals surface area contributed by atoms with Crippen LogP contribution in [0.25, 0.3) is 0 Å². The van der Waals surface area contributed by atoms with Gasteiger partial charge in [0.05, 0.1) is 28.1 Å². The Morgan fingerprint density at radius 1 is 1.12 bits per heavy atom. The Morgan fingerprint density at radius 2 is 1.82 bits per heavy atom. The van der Waals surface area contributed by atoms with Crippen LogP contribution in [0.15, 0.2) is 57.8 Å². The van der Waals surface area contributed by atoms with E-state index in [-0.39, 0.29) is 40.2 Å². The van der Waals surface area contributed by atoms with Gasteiger partial charge in [-0.1, -0.05) is 64.2 Å². The van der Waals surface area contributed by atoms with E-state index in [4.69, 9.17) is 56.9 Å². The number of rotatable bonds is 2. The van der Waals surface area contributed by atoms with E-state index in [0.717, 1.165) is 5.69 Å². The summed E-state index contributed by atoms with van der Waals surface area (Å²) >= 11 is 26.3. The Bertz CT molecular complexity index is 1480. The molecule has 7 nitrogen and oxygen atoms in total. The lowest BCUT2D eigenvalue weighted by molar-refractivity contribution is 0.361. The summed E-state index contributed by atoms with van der Waals surface area (Å²) in [6.07, 6.45) is 0. The molecule has 1 aromatic heterocycles. The predicted octanol–water partition coefficient (Wildman–Crippen LogP) is 5.60. The number of nitrogens with zero attached hydrogens (tertiary/aromatic N) is 4. The number of halogens is 4. The lowest BCUT2D eigenvalue weighted by Gasteiger charge is -2.33. The van der Waals surface area contributed by atoms with Gasteiger partial charge in [-0.3, -0.25) is 9.36 Å². The Hall–Kier alpha value is -2.54. The van der Waals surface area contributed by atoms with Crippen molar-refractivity contribution in [2.75, 3.05) is 10.8 Å². The van der Waals surface area contributed by atoms with Crippen molar-refractivity contribution in [2.24, 2.45) is 5.73 Å². The zero-order chi connectivity index (χ0) is 24.1. The molecule has 2 aliphatic heterocycles. The fourth-order valence-corrected chi connectivity index (χ4v) is 5.92. The maximum Gasteiger partial charge on any atom is 0.263 e. The van der Waals surface area contributed by atoms with Gasteiger partial charge < -0.3 is 15.4 Å². The van der Waals surface area contributed by atoms with Crippen molar-refractivity contribution in [2.45, 2.75) is 17.7 Å². The molecule has 5 rings (SSSR count). The number of thioether (sulfide) groups is 1. The first kappa shape index (κ1) is 23.2. The summed E-state index contributed by atoms with van der Waals surface area (Å²) in [6, 6.07) is 12.1. The minimum Gasteiger partial charge on any atom is -0.422 e. The second-order valence-electron chi connectivity index (χ2n) is 7.49. The molecule has 34 heavy (non-hydrogen) atoms. The number of fused-ring (bicyclic) bond motifs is 2. The SMILES string of the molecule is N#CC1=C(N)Oc2nc3n(c(=O)c2C1c1ccc(Cl)cc1Cl)CN(c1ccc(Cl)cc1Cl)CS3. The van der Waals surface area contributed by atoms with E-state index in [9.17, 15) is 10.1 Å². The topological polar surface area (TPSA) is 97.2 Å². The minimum absolute atomic E-state index is 0.0502. The van der Waals surface area contributed by atoms with E-state index in [0.29, 0.717) is 31.7 Å². The summed E-state index contributed by atoms with van der Waals surface area (Å²) in [7, 11) is 0. The van der Waals surface area contributed by atoms with Gasteiger partial charge in [-0.25, -0.2) is 0 Å². The van der Waals surface area contributed by atoms with Crippen LogP contribution in [0.5, 0.6) is 5.88 Å². The first-order valence-corrected chi connectivity index (χ1v) is 12.3. The lowest BCUT2D eigenvalue weighted by Crippen LogP contribution is -2.41. The first-order chi connectivity index (χ1) is 16.3. The van der Waals surface area contributed by atoms with Crippen molar-refractivity contribution in [1.82, 2.24) is 9.55 Å². The molecule has 12 heteroatoms. The van der Waals surface area contributed by atoms with Gasteiger partial charge in [0.1, 0.15) is 18.3 Å². The van der Waals surface area contributed by atoms with Crippen LogP contribution in [0.1, 0.15) is 17.0 Å². The van der Waals surface area contributed by atoms with E-state index < -0.39 is 5.92 Å². The van der Waals surface area contributed by atoms with Crippen LogP contribution in [0.4, 0.5) is 5.69 Å². The third-order valence-electron chi connectivity index (χ3n) is 5.49. The maximum atomic E-state index is 13.8. The fourth-order valence-electron chi connectivity index (χ4n) is 3.93. The quantitative estimate of drug-likeness (QED) is 0.413. The highest BCUT2D eigenvalue weighted by molar-refractivity contribution is 7.99. The van der Waals surface area contributed by atoms with E-state index in [2.05, 4.69) is 11.1 Å². The maximum absolute atomic E-state index is 13.8. The zero-order valence-corrected chi connectivity index (χ0v) is 20.9. The summed E-state index contributed by atoms with van der Waals surface area (Å²) < 4.78 is 7.13. The largest absolute Gasteiger partial charge is 0.422 e.